The highest BCUT2D eigenvalue weighted by molar-refractivity contribution is 5.88. The first-order valence-corrected chi connectivity index (χ1v) is 12.7. The van der Waals surface area contributed by atoms with E-state index in [0.717, 1.165) is 61.8 Å². The number of carbonyl (C=O) groups excluding carboxylic acids is 1. The topological polar surface area (TPSA) is 148 Å². The van der Waals surface area contributed by atoms with Gasteiger partial charge in [-0.3, -0.25) is 9.79 Å². The van der Waals surface area contributed by atoms with Crippen LogP contribution in [-0.2, 0) is 19.5 Å². The van der Waals surface area contributed by atoms with Gasteiger partial charge in [0.25, 0.3) is 0 Å². The average molecular weight is 521 g/mol. The van der Waals surface area contributed by atoms with Crippen LogP contribution in [0.25, 0.3) is 0 Å². The first-order chi connectivity index (χ1) is 18.3. The Bertz CT molecular complexity index is 1210. The maximum absolute atomic E-state index is 11.1. The lowest BCUT2D eigenvalue weighted by Gasteiger charge is -2.10. The Hall–Kier alpha value is -4.27. The van der Waals surface area contributed by atoms with E-state index < -0.39 is 11.9 Å². The number of amidine groups is 1. The lowest BCUT2D eigenvalue weighted by molar-refractivity contribution is 0.0686. The largest absolute Gasteiger partial charge is 0.478 e. The molecule has 3 aromatic rings. The summed E-state index contributed by atoms with van der Waals surface area (Å²) in [6.45, 7) is 5.25. The van der Waals surface area contributed by atoms with Gasteiger partial charge in [-0.05, 0) is 48.2 Å². The number of carboxylic acids is 2. The van der Waals surface area contributed by atoms with Crippen LogP contribution in [0, 0.1) is 0 Å². The Balaban J connectivity index is 0.000000273. The van der Waals surface area contributed by atoms with Crippen LogP contribution in [0.4, 0.5) is 0 Å². The number of hydrogen-bond acceptors (Lipinski definition) is 5. The summed E-state index contributed by atoms with van der Waals surface area (Å²) in [6, 6.07) is 13.4. The summed E-state index contributed by atoms with van der Waals surface area (Å²) in [7, 11) is 0. The first kappa shape index (κ1) is 30.0. The second-order valence-electron chi connectivity index (χ2n) is 8.82. The van der Waals surface area contributed by atoms with Crippen LogP contribution >= 0.6 is 0 Å². The molecule has 0 aliphatic carbocycles. The summed E-state index contributed by atoms with van der Waals surface area (Å²) in [6.07, 6.45) is 8.28. The SMILES string of the molecule is CCCCC(N)=NCc1ccc(C(=O)O)cc1.CCCCc1ncc(C=O)n1Cc1ccc(C(=O)O)cc1. The molecule has 1 aromatic heterocycles. The molecule has 9 heteroatoms. The van der Waals surface area contributed by atoms with Crippen LogP contribution in [0.3, 0.4) is 0 Å². The molecule has 3 rings (SSSR count). The van der Waals surface area contributed by atoms with Crippen molar-refractivity contribution in [3.8, 4) is 0 Å². The highest BCUT2D eigenvalue weighted by atomic mass is 16.4. The van der Waals surface area contributed by atoms with Gasteiger partial charge in [0.2, 0.25) is 0 Å². The molecule has 202 valence electrons. The first-order valence-electron chi connectivity index (χ1n) is 12.7. The van der Waals surface area contributed by atoms with Crippen molar-refractivity contribution in [3.05, 3.63) is 88.5 Å². The Labute approximate surface area is 223 Å². The second-order valence-corrected chi connectivity index (χ2v) is 8.82. The van der Waals surface area contributed by atoms with Gasteiger partial charge in [0.15, 0.2) is 6.29 Å². The van der Waals surface area contributed by atoms with Gasteiger partial charge in [-0.25, -0.2) is 14.6 Å². The van der Waals surface area contributed by atoms with Crippen molar-refractivity contribution >= 4 is 24.1 Å². The zero-order valence-corrected chi connectivity index (χ0v) is 22.0. The number of rotatable bonds is 13. The van der Waals surface area contributed by atoms with E-state index in [1.807, 2.05) is 4.57 Å². The Morgan fingerprint density at radius 1 is 0.921 bits per heavy atom. The summed E-state index contributed by atoms with van der Waals surface area (Å²) in [5, 5.41) is 17.6. The van der Waals surface area contributed by atoms with Crippen molar-refractivity contribution in [1.29, 1.82) is 0 Å². The number of imidazole rings is 1. The summed E-state index contributed by atoms with van der Waals surface area (Å²) < 4.78 is 1.89. The molecule has 0 aliphatic heterocycles. The van der Waals surface area contributed by atoms with Gasteiger partial charge in [-0.2, -0.15) is 0 Å². The van der Waals surface area contributed by atoms with Crippen molar-refractivity contribution in [1.82, 2.24) is 9.55 Å². The second kappa shape index (κ2) is 15.8. The molecular formula is C29H36N4O5. The lowest BCUT2D eigenvalue weighted by Crippen LogP contribution is -2.11. The number of carboxylic acid groups (broad SMARTS) is 2. The van der Waals surface area contributed by atoms with Crippen LogP contribution in [0.5, 0.6) is 0 Å². The Morgan fingerprint density at radius 2 is 1.47 bits per heavy atom. The highest BCUT2D eigenvalue weighted by Gasteiger charge is 2.10. The lowest BCUT2D eigenvalue weighted by atomic mass is 10.1. The molecule has 0 bridgehead atoms. The number of aryl methyl sites for hydroxylation is 1. The van der Waals surface area contributed by atoms with E-state index in [0.29, 0.717) is 24.6 Å². The third kappa shape index (κ3) is 9.65. The Morgan fingerprint density at radius 3 is 1.97 bits per heavy atom. The molecule has 0 unspecified atom stereocenters. The molecule has 0 spiro atoms. The minimum Gasteiger partial charge on any atom is -0.478 e. The van der Waals surface area contributed by atoms with E-state index in [2.05, 4.69) is 23.8 Å². The molecule has 0 saturated heterocycles. The van der Waals surface area contributed by atoms with Gasteiger partial charge < -0.3 is 20.5 Å². The number of aromatic carboxylic acids is 2. The van der Waals surface area contributed by atoms with Crippen LogP contribution in [0.2, 0.25) is 0 Å². The number of benzene rings is 2. The summed E-state index contributed by atoms with van der Waals surface area (Å²) >= 11 is 0. The summed E-state index contributed by atoms with van der Waals surface area (Å²) in [5.41, 5.74) is 8.74. The standard InChI is InChI=1S/C16H18N2O3.C13H18N2O2/c1-2-3-4-15-17-9-14(11-19)18(15)10-12-5-7-13(8-6-12)16(20)21;1-2-3-4-12(14)15-9-10-5-7-11(8-6-10)13(16)17/h5-9,11H,2-4,10H2,1H3,(H,20,21);5-8H,2-4,9H2,1H3,(H2,14,15)(H,16,17). The van der Waals surface area contributed by atoms with Crippen LogP contribution < -0.4 is 5.73 Å². The van der Waals surface area contributed by atoms with Crippen molar-refractivity contribution in [2.75, 3.05) is 0 Å². The number of nitrogens with two attached hydrogens (primary N) is 1. The molecule has 0 fully saturated rings. The maximum atomic E-state index is 11.1. The molecule has 9 nitrogen and oxygen atoms in total. The number of aromatic nitrogens is 2. The normalized spacial score (nSPS) is 10.9. The zero-order valence-electron chi connectivity index (χ0n) is 22.0. The van der Waals surface area contributed by atoms with E-state index in [1.54, 1.807) is 54.7 Å². The smallest absolute Gasteiger partial charge is 0.335 e. The quantitative estimate of drug-likeness (QED) is 0.159. The van der Waals surface area contributed by atoms with Crippen molar-refractivity contribution in [3.63, 3.8) is 0 Å². The third-order valence-corrected chi connectivity index (χ3v) is 5.84. The number of carbonyl (C=O) groups is 3. The third-order valence-electron chi connectivity index (χ3n) is 5.84. The van der Waals surface area contributed by atoms with Crippen molar-refractivity contribution < 1.29 is 24.6 Å². The molecule has 1 heterocycles. The maximum Gasteiger partial charge on any atom is 0.335 e. The monoisotopic (exact) mass is 520 g/mol. The predicted octanol–water partition coefficient (Wildman–Crippen LogP) is 5.22. The van der Waals surface area contributed by atoms with E-state index >= 15 is 0 Å². The Kier molecular flexibility index (Phi) is 12.4. The number of hydrogen-bond donors (Lipinski definition) is 3. The molecule has 0 atom stereocenters. The fraction of sp³-hybridized carbons (Fsp3) is 0.345. The van der Waals surface area contributed by atoms with E-state index in [-0.39, 0.29) is 11.1 Å². The van der Waals surface area contributed by atoms with Gasteiger partial charge in [0.05, 0.1) is 29.7 Å². The summed E-state index contributed by atoms with van der Waals surface area (Å²) in [5.74, 6) is -0.306. The summed E-state index contributed by atoms with van der Waals surface area (Å²) in [4.78, 5) is 41.2. The van der Waals surface area contributed by atoms with E-state index in [4.69, 9.17) is 15.9 Å². The van der Waals surface area contributed by atoms with Crippen molar-refractivity contribution in [2.24, 2.45) is 10.7 Å². The van der Waals surface area contributed by atoms with E-state index in [1.165, 1.54) is 0 Å². The molecule has 0 radical (unpaired) electrons. The highest BCUT2D eigenvalue weighted by Crippen LogP contribution is 2.13. The molecule has 0 saturated carbocycles. The molecule has 4 N–H and O–H groups in total. The van der Waals surface area contributed by atoms with Gasteiger partial charge in [0, 0.05) is 19.4 Å². The minimum absolute atomic E-state index is 0.256. The minimum atomic E-state index is -0.943. The molecule has 2 aromatic carbocycles. The molecule has 0 aliphatic rings. The fourth-order valence-corrected chi connectivity index (χ4v) is 3.56. The number of unbranched alkanes of at least 4 members (excludes halogenated alkanes) is 2. The van der Waals surface area contributed by atoms with Crippen molar-refractivity contribution in [2.45, 2.75) is 65.5 Å². The van der Waals surface area contributed by atoms with Crippen LogP contribution in [-0.4, -0.2) is 43.8 Å². The van der Waals surface area contributed by atoms with E-state index in [9.17, 15) is 14.4 Å². The number of aldehydes is 1. The number of aliphatic imine (C=N–C) groups is 1. The van der Waals surface area contributed by atoms with Gasteiger partial charge in [-0.15, -0.1) is 0 Å². The van der Waals surface area contributed by atoms with Crippen LogP contribution in [0.15, 0.2) is 59.7 Å². The number of nitrogens with zero attached hydrogens (tertiary/aromatic N) is 3. The molecule has 38 heavy (non-hydrogen) atoms. The van der Waals surface area contributed by atoms with Gasteiger partial charge >= 0.3 is 11.9 Å². The molecule has 0 amide bonds. The molecular weight excluding hydrogens is 484 g/mol. The average Bonchev–Trinajstić information content (AvgIpc) is 3.31. The van der Waals surface area contributed by atoms with Gasteiger partial charge in [0.1, 0.15) is 11.5 Å². The predicted molar refractivity (Wildman–Crippen MR) is 147 cm³/mol. The van der Waals surface area contributed by atoms with Crippen LogP contribution in [0.1, 0.15) is 94.1 Å². The zero-order chi connectivity index (χ0) is 27.9. The fourth-order valence-electron chi connectivity index (χ4n) is 3.56. The van der Waals surface area contributed by atoms with Gasteiger partial charge in [-0.1, -0.05) is 51.0 Å².